The van der Waals surface area contributed by atoms with Crippen molar-refractivity contribution in [3.05, 3.63) is 42.3 Å². The molecule has 0 saturated heterocycles. The quantitative estimate of drug-likeness (QED) is 0.791. The molecule has 5 nitrogen and oxygen atoms in total. The van der Waals surface area contributed by atoms with E-state index in [1.54, 1.807) is 16.8 Å². The second-order valence-electron chi connectivity index (χ2n) is 6.13. The van der Waals surface area contributed by atoms with Crippen molar-refractivity contribution in [2.75, 3.05) is 0 Å². The van der Waals surface area contributed by atoms with Crippen molar-refractivity contribution in [1.82, 2.24) is 14.6 Å². The van der Waals surface area contributed by atoms with E-state index in [1.165, 1.54) is 31.4 Å². The highest BCUT2D eigenvalue weighted by Gasteiger charge is 2.16. The Morgan fingerprint density at radius 2 is 1.96 bits per heavy atom. The standard InChI is InChI=1S/C18H18FN3O2/c19-14-10-12(6-7-16(14)23)15-11-20-17-8-9-18(21-22(15)17)24-13-4-2-1-3-5-13/h6-11,13,23H,1-5H2. The van der Waals surface area contributed by atoms with Gasteiger partial charge in [0.15, 0.2) is 17.2 Å². The van der Waals surface area contributed by atoms with Gasteiger partial charge in [-0.1, -0.05) is 6.42 Å². The number of nitrogens with zero attached hydrogens (tertiary/aromatic N) is 3. The number of rotatable bonds is 3. The molecule has 1 aliphatic carbocycles. The van der Waals surface area contributed by atoms with Crippen molar-refractivity contribution >= 4 is 5.65 Å². The lowest BCUT2D eigenvalue weighted by Gasteiger charge is -2.22. The van der Waals surface area contributed by atoms with E-state index in [4.69, 9.17) is 4.74 Å². The minimum atomic E-state index is -0.669. The lowest BCUT2D eigenvalue weighted by atomic mass is 9.98. The van der Waals surface area contributed by atoms with E-state index in [1.807, 2.05) is 12.1 Å². The highest BCUT2D eigenvalue weighted by atomic mass is 19.1. The van der Waals surface area contributed by atoms with Crippen LogP contribution in [-0.2, 0) is 0 Å². The van der Waals surface area contributed by atoms with Crippen molar-refractivity contribution in [2.45, 2.75) is 38.2 Å². The molecule has 124 valence electrons. The van der Waals surface area contributed by atoms with E-state index >= 15 is 0 Å². The number of ether oxygens (including phenoxy) is 1. The van der Waals surface area contributed by atoms with E-state index < -0.39 is 5.82 Å². The molecule has 0 bridgehead atoms. The van der Waals surface area contributed by atoms with E-state index in [9.17, 15) is 9.50 Å². The second-order valence-corrected chi connectivity index (χ2v) is 6.13. The van der Waals surface area contributed by atoms with Crippen LogP contribution >= 0.6 is 0 Å². The normalized spacial score (nSPS) is 15.7. The molecule has 0 unspecified atom stereocenters. The van der Waals surface area contributed by atoms with Crippen molar-refractivity contribution < 1.29 is 14.2 Å². The minimum Gasteiger partial charge on any atom is -0.505 e. The van der Waals surface area contributed by atoms with E-state index in [0.717, 1.165) is 12.8 Å². The molecule has 1 fully saturated rings. The van der Waals surface area contributed by atoms with Gasteiger partial charge in [0.2, 0.25) is 5.88 Å². The Balaban J connectivity index is 1.68. The Morgan fingerprint density at radius 3 is 2.75 bits per heavy atom. The maximum atomic E-state index is 13.6. The third kappa shape index (κ3) is 2.79. The number of phenols is 1. The summed E-state index contributed by atoms with van der Waals surface area (Å²) in [5, 5.41) is 13.9. The van der Waals surface area contributed by atoms with Gasteiger partial charge in [-0.3, -0.25) is 0 Å². The van der Waals surface area contributed by atoms with Crippen LogP contribution in [0.25, 0.3) is 16.9 Å². The van der Waals surface area contributed by atoms with Crippen LogP contribution in [0, 0.1) is 5.82 Å². The Bertz CT molecular complexity index is 872. The Morgan fingerprint density at radius 1 is 1.12 bits per heavy atom. The summed E-state index contributed by atoms with van der Waals surface area (Å²) in [5.74, 6) is -0.494. The molecule has 0 aliphatic heterocycles. The number of fused-ring (bicyclic) bond motifs is 1. The molecule has 2 aromatic heterocycles. The average Bonchev–Trinajstić information content (AvgIpc) is 3.01. The number of aromatic nitrogens is 3. The number of aromatic hydroxyl groups is 1. The largest absolute Gasteiger partial charge is 0.505 e. The van der Waals surface area contributed by atoms with Gasteiger partial charge in [0, 0.05) is 11.6 Å². The van der Waals surface area contributed by atoms with Crippen molar-refractivity contribution in [2.24, 2.45) is 0 Å². The first-order chi connectivity index (χ1) is 11.7. The topological polar surface area (TPSA) is 59.7 Å². The molecule has 1 aliphatic rings. The van der Waals surface area contributed by atoms with Gasteiger partial charge in [-0.05, 0) is 49.9 Å². The molecule has 0 radical (unpaired) electrons. The van der Waals surface area contributed by atoms with Crippen LogP contribution in [0.4, 0.5) is 4.39 Å². The fraction of sp³-hybridized carbons (Fsp3) is 0.333. The number of phenolic OH excluding ortho intramolecular Hbond substituents is 1. The van der Waals surface area contributed by atoms with Crippen molar-refractivity contribution in [1.29, 1.82) is 0 Å². The van der Waals surface area contributed by atoms with Gasteiger partial charge >= 0.3 is 0 Å². The molecule has 6 heteroatoms. The smallest absolute Gasteiger partial charge is 0.232 e. The molecule has 4 rings (SSSR count). The monoisotopic (exact) mass is 327 g/mol. The van der Waals surface area contributed by atoms with Crippen LogP contribution in [-0.4, -0.2) is 25.8 Å². The number of hydrogen-bond donors (Lipinski definition) is 1. The SMILES string of the molecule is Oc1ccc(-c2cnc3ccc(OC4CCCCC4)nn23)cc1F. The predicted octanol–water partition coefficient (Wildman–Crippen LogP) is 3.95. The predicted molar refractivity (Wildman–Crippen MR) is 87.5 cm³/mol. The molecule has 24 heavy (non-hydrogen) atoms. The first-order valence-corrected chi connectivity index (χ1v) is 8.21. The second kappa shape index (κ2) is 6.11. The van der Waals surface area contributed by atoms with Crippen LogP contribution in [0.5, 0.6) is 11.6 Å². The van der Waals surface area contributed by atoms with Crippen molar-refractivity contribution in [3.63, 3.8) is 0 Å². The molecular weight excluding hydrogens is 309 g/mol. The zero-order valence-corrected chi connectivity index (χ0v) is 13.2. The van der Waals surface area contributed by atoms with Crippen LogP contribution in [0.1, 0.15) is 32.1 Å². The Labute approximate surface area is 138 Å². The van der Waals surface area contributed by atoms with E-state index in [0.29, 0.717) is 22.8 Å². The fourth-order valence-corrected chi connectivity index (χ4v) is 3.14. The average molecular weight is 327 g/mol. The molecular formula is C18H18FN3O2. The molecule has 1 N–H and O–H groups in total. The number of imidazole rings is 1. The summed E-state index contributed by atoms with van der Waals surface area (Å²) in [6.07, 6.45) is 7.61. The van der Waals surface area contributed by atoms with E-state index in [2.05, 4.69) is 10.1 Å². The van der Waals surface area contributed by atoms with Gasteiger partial charge in [0.1, 0.15) is 6.10 Å². The van der Waals surface area contributed by atoms with Crippen LogP contribution in [0.3, 0.4) is 0 Å². The highest BCUT2D eigenvalue weighted by molar-refractivity contribution is 5.64. The van der Waals surface area contributed by atoms with Gasteiger partial charge in [0.25, 0.3) is 0 Å². The summed E-state index contributed by atoms with van der Waals surface area (Å²) < 4.78 is 21.3. The molecule has 1 aromatic carbocycles. The third-order valence-corrected chi connectivity index (χ3v) is 4.42. The first kappa shape index (κ1) is 14.9. The van der Waals surface area contributed by atoms with Crippen LogP contribution in [0.15, 0.2) is 36.5 Å². The maximum Gasteiger partial charge on any atom is 0.232 e. The Hall–Kier alpha value is -2.63. The summed E-state index contributed by atoms with van der Waals surface area (Å²) in [6.45, 7) is 0. The lowest BCUT2D eigenvalue weighted by Crippen LogP contribution is -2.20. The molecule has 0 amide bonds. The zero-order chi connectivity index (χ0) is 16.5. The molecule has 3 aromatic rings. The summed E-state index contributed by atoms with van der Waals surface area (Å²) in [4.78, 5) is 4.30. The Kier molecular flexibility index (Phi) is 3.80. The van der Waals surface area contributed by atoms with Gasteiger partial charge in [0.05, 0.1) is 11.9 Å². The van der Waals surface area contributed by atoms with Gasteiger partial charge in [-0.2, -0.15) is 0 Å². The number of halogens is 1. The minimum absolute atomic E-state index is 0.210. The third-order valence-electron chi connectivity index (χ3n) is 4.42. The number of benzene rings is 1. The summed E-state index contributed by atoms with van der Waals surface area (Å²) in [6, 6.07) is 7.89. The first-order valence-electron chi connectivity index (χ1n) is 8.21. The molecule has 1 saturated carbocycles. The van der Waals surface area contributed by atoms with Gasteiger partial charge in [-0.25, -0.2) is 13.9 Å². The van der Waals surface area contributed by atoms with Gasteiger partial charge < -0.3 is 9.84 Å². The zero-order valence-electron chi connectivity index (χ0n) is 13.2. The number of hydrogen-bond acceptors (Lipinski definition) is 4. The summed E-state index contributed by atoms with van der Waals surface area (Å²) >= 11 is 0. The highest BCUT2D eigenvalue weighted by Crippen LogP contribution is 2.27. The lowest BCUT2D eigenvalue weighted by molar-refractivity contribution is 0.147. The summed E-state index contributed by atoms with van der Waals surface area (Å²) in [5.41, 5.74) is 1.91. The molecule has 2 heterocycles. The van der Waals surface area contributed by atoms with Crippen LogP contribution < -0.4 is 4.74 Å². The van der Waals surface area contributed by atoms with Crippen molar-refractivity contribution in [3.8, 4) is 22.9 Å². The fourth-order valence-electron chi connectivity index (χ4n) is 3.14. The van der Waals surface area contributed by atoms with Gasteiger partial charge in [-0.15, -0.1) is 5.10 Å². The van der Waals surface area contributed by atoms with Crippen LogP contribution in [0.2, 0.25) is 0 Å². The van der Waals surface area contributed by atoms with E-state index in [-0.39, 0.29) is 11.9 Å². The molecule has 0 spiro atoms. The maximum absolute atomic E-state index is 13.6. The summed E-state index contributed by atoms with van der Waals surface area (Å²) in [7, 11) is 0. The molecule has 0 atom stereocenters.